The molecule has 0 aliphatic rings. The van der Waals surface area contributed by atoms with E-state index in [-0.39, 0.29) is 0 Å². The van der Waals surface area contributed by atoms with Crippen LogP contribution in [-0.2, 0) is 6.42 Å². The van der Waals surface area contributed by atoms with Gasteiger partial charge in [0.25, 0.3) is 0 Å². The van der Waals surface area contributed by atoms with Gasteiger partial charge in [-0.25, -0.2) is 0 Å². The number of nitrogens with zero attached hydrogens (tertiary/aromatic N) is 2. The Morgan fingerprint density at radius 1 is 1.11 bits per heavy atom. The van der Waals surface area contributed by atoms with Crippen molar-refractivity contribution in [3.05, 3.63) is 54.4 Å². The van der Waals surface area contributed by atoms with Gasteiger partial charge in [-0.05, 0) is 41.7 Å². The first-order valence-electron chi connectivity index (χ1n) is 5.91. The lowest BCUT2D eigenvalue weighted by molar-refractivity contribution is 1.01. The number of hydrogen-bond acceptors (Lipinski definition) is 4. The number of rotatable bonds is 4. The Balaban J connectivity index is 1.67. The summed E-state index contributed by atoms with van der Waals surface area (Å²) in [4.78, 5) is 4.11. The standard InChI is InChI=1S/C14H13N3S/c1-2-6-13-12(5-1)14(18-17-13)16-9-7-11-4-3-8-15-10-11/h1-6,8,10,16H,7,9H2. The third-order valence-corrected chi connectivity index (χ3v) is 3.64. The summed E-state index contributed by atoms with van der Waals surface area (Å²) in [5.41, 5.74) is 2.31. The summed E-state index contributed by atoms with van der Waals surface area (Å²) < 4.78 is 4.41. The van der Waals surface area contributed by atoms with Gasteiger partial charge in [0.05, 0.1) is 5.52 Å². The molecular weight excluding hydrogens is 242 g/mol. The van der Waals surface area contributed by atoms with Crippen LogP contribution < -0.4 is 5.32 Å². The quantitative estimate of drug-likeness (QED) is 0.777. The van der Waals surface area contributed by atoms with Gasteiger partial charge >= 0.3 is 0 Å². The van der Waals surface area contributed by atoms with Crippen LogP contribution in [0.1, 0.15) is 5.56 Å². The van der Waals surface area contributed by atoms with E-state index in [0.29, 0.717) is 0 Å². The molecule has 0 saturated carbocycles. The van der Waals surface area contributed by atoms with Crippen molar-refractivity contribution >= 4 is 27.4 Å². The maximum Gasteiger partial charge on any atom is 0.117 e. The second-order valence-electron chi connectivity index (χ2n) is 4.07. The number of fused-ring (bicyclic) bond motifs is 1. The second-order valence-corrected chi connectivity index (χ2v) is 4.84. The van der Waals surface area contributed by atoms with E-state index in [1.165, 1.54) is 22.5 Å². The van der Waals surface area contributed by atoms with Gasteiger partial charge in [-0.15, -0.1) is 0 Å². The van der Waals surface area contributed by atoms with Gasteiger partial charge < -0.3 is 5.32 Å². The number of nitrogens with one attached hydrogen (secondary N) is 1. The molecule has 0 spiro atoms. The van der Waals surface area contributed by atoms with Gasteiger partial charge in [0, 0.05) is 24.3 Å². The van der Waals surface area contributed by atoms with Gasteiger partial charge in [-0.1, -0.05) is 18.2 Å². The monoisotopic (exact) mass is 255 g/mol. The first-order chi connectivity index (χ1) is 8.93. The van der Waals surface area contributed by atoms with Crippen LogP contribution in [0.25, 0.3) is 10.9 Å². The van der Waals surface area contributed by atoms with Crippen molar-refractivity contribution in [2.24, 2.45) is 0 Å². The molecule has 0 saturated heterocycles. The highest BCUT2D eigenvalue weighted by Crippen LogP contribution is 2.26. The number of anilines is 1. The maximum absolute atomic E-state index is 4.41. The van der Waals surface area contributed by atoms with E-state index >= 15 is 0 Å². The molecule has 0 aliphatic carbocycles. The highest BCUT2D eigenvalue weighted by atomic mass is 32.1. The summed E-state index contributed by atoms with van der Waals surface area (Å²) in [5.74, 6) is 0. The molecule has 0 unspecified atom stereocenters. The Kier molecular flexibility index (Phi) is 3.19. The smallest absolute Gasteiger partial charge is 0.117 e. The molecule has 18 heavy (non-hydrogen) atoms. The maximum atomic E-state index is 4.41. The topological polar surface area (TPSA) is 37.8 Å². The van der Waals surface area contributed by atoms with Gasteiger partial charge in [0.15, 0.2) is 0 Å². The van der Waals surface area contributed by atoms with Crippen molar-refractivity contribution < 1.29 is 0 Å². The molecule has 3 nitrogen and oxygen atoms in total. The van der Waals surface area contributed by atoms with Crippen molar-refractivity contribution in [2.45, 2.75) is 6.42 Å². The summed E-state index contributed by atoms with van der Waals surface area (Å²) in [6.45, 7) is 0.901. The zero-order valence-corrected chi connectivity index (χ0v) is 10.7. The molecule has 0 bridgehead atoms. The summed E-state index contributed by atoms with van der Waals surface area (Å²) in [6, 6.07) is 12.3. The predicted octanol–water partition coefficient (Wildman–Crippen LogP) is 3.35. The second kappa shape index (κ2) is 5.14. The third-order valence-electron chi connectivity index (χ3n) is 2.81. The number of hydrogen-bond donors (Lipinski definition) is 1. The van der Waals surface area contributed by atoms with Crippen molar-refractivity contribution in [1.82, 2.24) is 9.36 Å². The minimum Gasteiger partial charge on any atom is -0.375 e. The van der Waals surface area contributed by atoms with Gasteiger partial charge in [-0.2, -0.15) is 4.37 Å². The molecule has 1 N–H and O–H groups in total. The van der Waals surface area contributed by atoms with Crippen LogP contribution in [0.3, 0.4) is 0 Å². The van der Waals surface area contributed by atoms with Crippen LogP contribution in [0.5, 0.6) is 0 Å². The van der Waals surface area contributed by atoms with Crippen molar-refractivity contribution in [3.8, 4) is 0 Å². The summed E-state index contributed by atoms with van der Waals surface area (Å²) in [5, 5.41) is 5.79. The molecule has 0 fully saturated rings. The average molecular weight is 255 g/mol. The molecule has 3 aromatic rings. The van der Waals surface area contributed by atoms with E-state index in [9.17, 15) is 0 Å². The summed E-state index contributed by atoms with van der Waals surface area (Å²) in [7, 11) is 0. The zero-order valence-electron chi connectivity index (χ0n) is 9.84. The van der Waals surface area contributed by atoms with E-state index in [0.717, 1.165) is 23.5 Å². The van der Waals surface area contributed by atoms with Gasteiger partial charge in [0.1, 0.15) is 5.00 Å². The molecule has 4 heteroatoms. The molecule has 90 valence electrons. The molecule has 3 rings (SSSR count). The van der Waals surface area contributed by atoms with Gasteiger partial charge in [0.2, 0.25) is 0 Å². The third kappa shape index (κ3) is 2.33. The van der Waals surface area contributed by atoms with Crippen molar-refractivity contribution in [1.29, 1.82) is 0 Å². The zero-order chi connectivity index (χ0) is 12.2. The van der Waals surface area contributed by atoms with Crippen LogP contribution >= 0.6 is 11.5 Å². The summed E-state index contributed by atoms with van der Waals surface area (Å²) in [6.07, 6.45) is 4.68. The molecule has 2 heterocycles. The molecule has 2 aromatic heterocycles. The lowest BCUT2D eigenvalue weighted by Gasteiger charge is -2.03. The summed E-state index contributed by atoms with van der Waals surface area (Å²) >= 11 is 1.52. The minimum absolute atomic E-state index is 0.901. The molecule has 0 amide bonds. The van der Waals surface area contributed by atoms with E-state index in [1.54, 1.807) is 6.20 Å². The highest BCUT2D eigenvalue weighted by Gasteiger charge is 2.03. The Bertz CT molecular complexity index is 634. The lowest BCUT2D eigenvalue weighted by atomic mass is 10.2. The van der Waals surface area contributed by atoms with E-state index in [4.69, 9.17) is 0 Å². The fraction of sp³-hybridized carbons (Fsp3) is 0.143. The Labute approximate surface area is 110 Å². The average Bonchev–Trinajstić information content (AvgIpc) is 2.84. The number of aromatic nitrogens is 2. The van der Waals surface area contributed by atoms with E-state index < -0.39 is 0 Å². The minimum atomic E-state index is 0.901. The molecule has 0 aliphatic heterocycles. The van der Waals surface area contributed by atoms with Gasteiger partial charge in [-0.3, -0.25) is 4.98 Å². The van der Waals surface area contributed by atoms with E-state index in [2.05, 4.69) is 26.8 Å². The normalized spacial score (nSPS) is 10.7. The molecule has 1 aromatic carbocycles. The predicted molar refractivity (Wildman–Crippen MR) is 76.1 cm³/mol. The largest absolute Gasteiger partial charge is 0.375 e. The number of benzene rings is 1. The lowest BCUT2D eigenvalue weighted by Crippen LogP contribution is -2.03. The van der Waals surface area contributed by atoms with Crippen LogP contribution in [0.4, 0.5) is 5.00 Å². The first kappa shape index (κ1) is 11.2. The van der Waals surface area contributed by atoms with Crippen LogP contribution in [0.2, 0.25) is 0 Å². The van der Waals surface area contributed by atoms with Crippen LogP contribution in [0, 0.1) is 0 Å². The van der Waals surface area contributed by atoms with Crippen LogP contribution in [0.15, 0.2) is 48.8 Å². The van der Waals surface area contributed by atoms with Crippen molar-refractivity contribution in [3.63, 3.8) is 0 Å². The number of pyridine rings is 1. The Morgan fingerprint density at radius 3 is 2.94 bits per heavy atom. The van der Waals surface area contributed by atoms with Crippen molar-refractivity contribution in [2.75, 3.05) is 11.9 Å². The Morgan fingerprint density at radius 2 is 2.06 bits per heavy atom. The molecule has 0 atom stereocenters. The molecular formula is C14H13N3S. The fourth-order valence-electron chi connectivity index (χ4n) is 1.88. The highest BCUT2D eigenvalue weighted by molar-refractivity contribution is 7.11. The Hall–Kier alpha value is -1.94. The fourth-order valence-corrected chi connectivity index (χ4v) is 2.67. The SMILES string of the molecule is c1cncc(CCNc2snc3ccccc23)c1. The first-order valence-corrected chi connectivity index (χ1v) is 6.68. The van der Waals surface area contributed by atoms with E-state index in [1.807, 2.05) is 30.5 Å². The molecule has 0 radical (unpaired) electrons. The van der Waals surface area contributed by atoms with Crippen LogP contribution in [-0.4, -0.2) is 15.9 Å².